The van der Waals surface area contributed by atoms with Crippen LogP contribution in [0.5, 0.6) is 0 Å². The topological polar surface area (TPSA) is 26.8 Å². The predicted molar refractivity (Wildman–Crippen MR) is 104 cm³/mol. The summed E-state index contributed by atoms with van der Waals surface area (Å²) in [7, 11) is 0. The number of rotatable bonds is 4. The standard InChI is InChI=1S/C21H31F2N3O/c1-3-18-9-12-24(16-21(18,22)23)15-20(27)26-11-4-10-25(13-14-26)19-7-5-17(2)6-8-19/h5-8,18H,3-4,9-16H2,1-2H3. The van der Waals surface area contributed by atoms with Crippen molar-refractivity contribution in [1.29, 1.82) is 0 Å². The van der Waals surface area contributed by atoms with Gasteiger partial charge in [-0.15, -0.1) is 0 Å². The summed E-state index contributed by atoms with van der Waals surface area (Å²) in [4.78, 5) is 18.5. The highest BCUT2D eigenvalue weighted by Gasteiger charge is 2.43. The van der Waals surface area contributed by atoms with E-state index in [1.165, 1.54) is 11.3 Å². The fourth-order valence-electron chi connectivity index (χ4n) is 4.17. The molecule has 2 saturated heterocycles. The summed E-state index contributed by atoms with van der Waals surface area (Å²) in [5.74, 6) is -3.26. The number of aryl methyl sites for hydroxylation is 1. The number of hydrogen-bond acceptors (Lipinski definition) is 3. The molecule has 4 nitrogen and oxygen atoms in total. The first-order valence-electron chi connectivity index (χ1n) is 10.1. The first-order chi connectivity index (χ1) is 12.9. The first kappa shape index (κ1) is 20.1. The minimum atomic E-state index is -2.69. The van der Waals surface area contributed by atoms with Crippen LogP contribution in [0.1, 0.15) is 31.7 Å². The van der Waals surface area contributed by atoms with E-state index in [0.717, 1.165) is 19.5 Å². The van der Waals surface area contributed by atoms with Gasteiger partial charge >= 0.3 is 0 Å². The van der Waals surface area contributed by atoms with Crippen LogP contribution in [-0.4, -0.2) is 67.4 Å². The lowest BCUT2D eigenvalue weighted by atomic mass is 9.90. The molecular weight excluding hydrogens is 348 g/mol. The molecule has 0 bridgehead atoms. The number of benzene rings is 1. The molecule has 0 aliphatic carbocycles. The number of amides is 1. The van der Waals surface area contributed by atoms with Crippen molar-refractivity contribution in [3.63, 3.8) is 0 Å². The number of carbonyl (C=O) groups is 1. The number of nitrogens with zero attached hydrogens (tertiary/aromatic N) is 3. The Bertz CT molecular complexity index is 635. The molecule has 6 heteroatoms. The zero-order valence-corrected chi connectivity index (χ0v) is 16.5. The van der Waals surface area contributed by atoms with Crippen LogP contribution in [0.4, 0.5) is 14.5 Å². The summed E-state index contributed by atoms with van der Waals surface area (Å²) < 4.78 is 28.3. The van der Waals surface area contributed by atoms with Crippen LogP contribution in [0.3, 0.4) is 0 Å². The van der Waals surface area contributed by atoms with Gasteiger partial charge in [0.25, 0.3) is 5.92 Å². The maximum atomic E-state index is 14.2. The molecule has 2 aliphatic rings. The van der Waals surface area contributed by atoms with Crippen LogP contribution in [0, 0.1) is 12.8 Å². The number of halogens is 2. The Morgan fingerprint density at radius 1 is 1.11 bits per heavy atom. The van der Waals surface area contributed by atoms with E-state index in [0.29, 0.717) is 32.5 Å². The maximum Gasteiger partial charge on any atom is 0.263 e. The molecule has 2 heterocycles. The Balaban J connectivity index is 1.53. The third-order valence-corrected chi connectivity index (χ3v) is 5.92. The van der Waals surface area contributed by atoms with Gasteiger partial charge in [-0.3, -0.25) is 9.69 Å². The zero-order chi connectivity index (χ0) is 19.4. The third-order valence-electron chi connectivity index (χ3n) is 5.92. The molecule has 0 saturated carbocycles. The number of likely N-dealkylation sites (tertiary alicyclic amines) is 1. The second-order valence-electron chi connectivity index (χ2n) is 7.92. The van der Waals surface area contributed by atoms with Gasteiger partial charge in [0.2, 0.25) is 5.91 Å². The normalized spacial score (nSPS) is 23.9. The molecule has 0 aromatic heterocycles. The Hall–Kier alpha value is -1.69. The zero-order valence-electron chi connectivity index (χ0n) is 16.5. The Labute approximate surface area is 161 Å². The molecule has 150 valence electrons. The monoisotopic (exact) mass is 379 g/mol. The number of carbonyl (C=O) groups excluding carboxylic acids is 1. The highest BCUT2D eigenvalue weighted by Crippen LogP contribution is 2.34. The number of alkyl halides is 2. The molecular formula is C21H31F2N3O. The van der Waals surface area contributed by atoms with Crippen LogP contribution >= 0.6 is 0 Å². The molecule has 2 aliphatic heterocycles. The van der Waals surface area contributed by atoms with Gasteiger partial charge in [0.1, 0.15) is 0 Å². The summed E-state index contributed by atoms with van der Waals surface area (Å²) in [6, 6.07) is 8.44. The van der Waals surface area contributed by atoms with E-state index in [4.69, 9.17) is 0 Å². The van der Waals surface area contributed by atoms with Crippen molar-refractivity contribution in [1.82, 2.24) is 9.80 Å². The van der Waals surface area contributed by atoms with Crippen LogP contribution in [0.15, 0.2) is 24.3 Å². The van der Waals surface area contributed by atoms with Crippen molar-refractivity contribution in [2.75, 3.05) is 50.7 Å². The van der Waals surface area contributed by atoms with Gasteiger partial charge in [-0.2, -0.15) is 0 Å². The second-order valence-corrected chi connectivity index (χ2v) is 7.92. The lowest BCUT2D eigenvalue weighted by Gasteiger charge is -2.38. The fourth-order valence-corrected chi connectivity index (χ4v) is 4.17. The lowest BCUT2D eigenvalue weighted by molar-refractivity contribution is -0.139. The second kappa shape index (κ2) is 8.55. The average molecular weight is 379 g/mol. The van der Waals surface area contributed by atoms with Gasteiger partial charge in [-0.05, 0) is 44.9 Å². The number of piperidine rings is 1. The van der Waals surface area contributed by atoms with Crippen LogP contribution in [0.25, 0.3) is 0 Å². The van der Waals surface area contributed by atoms with Crippen molar-refractivity contribution in [3.8, 4) is 0 Å². The Kier molecular flexibility index (Phi) is 6.35. The van der Waals surface area contributed by atoms with Gasteiger partial charge in [0, 0.05) is 37.8 Å². The van der Waals surface area contributed by atoms with Crippen molar-refractivity contribution in [2.45, 2.75) is 39.0 Å². The molecule has 0 radical (unpaired) electrons. The van der Waals surface area contributed by atoms with Gasteiger partial charge in [-0.1, -0.05) is 24.6 Å². The third kappa shape index (κ3) is 4.98. The molecule has 2 fully saturated rings. The van der Waals surface area contributed by atoms with Gasteiger partial charge < -0.3 is 9.80 Å². The molecule has 1 aromatic carbocycles. The maximum absolute atomic E-state index is 14.2. The molecule has 1 amide bonds. The minimum absolute atomic E-state index is 0.0218. The molecule has 27 heavy (non-hydrogen) atoms. The fraction of sp³-hybridized carbons (Fsp3) is 0.667. The molecule has 0 spiro atoms. The van der Waals surface area contributed by atoms with E-state index < -0.39 is 11.8 Å². The molecule has 1 unspecified atom stereocenters. The van der Waals surface area contributed by atoms with Crippen molar-refractivity contribution in [3.05, 3.63) is 29.8 Å². The molecule has 1 atom stereocenters. The largest absolute Gasteiger partial charge is 0.370 e. The van der Waals surface area contributed by atoms with Crippen LogP contribution in [-0.2, 0) is 4.79 Å². The summed E-state index contributed by atoms with van der Waals surface area (Å²) in [5, 5.41) is 0. The van der Waals surface area contributed by atoms with E-state index in [-0.39, 0.29) is 19.0 Å². The quantitative estimate of drug-likeness (QED) is 0.802. The van der Waals surface area contributed by atoms with E-state index in [1.807, 2.05) is 11.8 Å². The minimum Gasteiger partial charge on any atom is -0.370 e. The SMILES string of the molecule is CCC1CCN(CC(=O)N2CCCN(c3ccc(C)cc3)CC2)CC1(F)F. The Morgan fingerprint density at radius 2 is 1.85 bits per heavy atom. The average Bonchev–Trinajstić information content (AvgIpc) is 2.88. The van der Waals surface area contributed by atoms with Crippen molar-refractivity contribution >= 4 is 11.6 Å². The van der Waals surface area contributed by atoms with E-state index in [2.05, 4.69) is 36.1 Å². The molecule has 1 aromatic rings. The lowest BCUT2D eigenvalue weighted by Crippen LogP contribution is -2.51. The van der Waals surface area contributed by atoms with Gasteiger partial charge in [-0.25, -0.2) is 8.78 Å². The van der Waals surface area contributed by atoms with Crippen molar-refractivity contribution in [2.24, 2.45) is 5.92 Å². The summed E-state index contributed by atoms with van der Waals surface area (Å²) in [6.07, 6.45) is 1.86. The van der Waals surface area contributed by atoms with E-state index in [9.17, 15) is 13.6 Å². The van der Waals surface area contributed by atoms with E-state index >= 15 is 0 Å². The highest BCUT2D eigenvalue weighted by molar-refractivity contribution is 5.78. The summed E-state index contributed by atoms with van der Waals surface area (Å²) in [6.45, 7) is 7.32. The summed E-state index contributed by atoms with van der Waals surface area (Å²) in [5.41, 5.74) is 2.41. The van der Waals surface area contributed by atoms with Gasteiger partial charge in [0.15, 0.2) is 0 Å². The smallest absolute Gasteiger partial charge is 0.263 e. The highest BCUT2D eigenvalue weighted by atomic mass is 19.3. The Morgan fingerprint density at radius 3 is 2.52 bits per heavy atom. The predicted octanol–water partition coefficient (Wildman–Crippen LogP) is 3.40. The molecule has 0 N–H and O–H groups in total. The van der Waals surface area contributed by atoms with Crippen LogP contribution in [0.2, 0.25) is 0 Å². The number of anilines is 1. The number of hydrogen-bond donors (Lipinski definition) is 0. The first-order valence-corrected chi connectivity index (χ1v) is 10.1. The molecule has 3 rings (SSSR count). The van der Waals surface area contributed by atoms with Crippen molar-refractivity contribution < 1.29 is 13.6 Å². The van der Waals surface area contributed by atoms with E-state index in [1.54, 1.807) is 4.90 Å². The van der Waals surface area contributed by atoms with Gasteiger partial charge in [0.05, 0.1) is 13.1 Å². The summed E-state index contributed by atoms with van der Waals surface area (Å²) >= 11 is 0. The van der Waals surface area contributed by atoms with Crippen LogP contribution < -0.4 is 4.90 Å².